The van der Waals surface area contributed by atoms with Crippen LogP contribution in [0.5, 0.6) is 0 Å². The van der Waals surface area contributed by atoms with Crippen LogP contribution in [0.25, 0.3) is 22.4 Å². The molecule has 2 aromatic heterocycles. The van der Waals surface area contributed by atoms with Gasteiger partial charge in [0.2, 0.25) is 5.16 Å². The zero-order valence-electron chi connectivity index (χ0n) is 15.2. The van der Waals surface area contributed by atoms with Gasteiger partial charge in [-0.3, -0.25) is 5.10 Å². The quantitative estimate of drug-likeness (QED) is 0.402. The van der Waals surface area contributed by atoms with Gasteiger partial charge < -0.3 is 4.42 Å². The van der Waals surface area contributed by atoms with Crippen LogP contribution in [0.1, 0.15) is 23.6 Å². The van der Waals surface area contributed by atoms with Gasteiger partial charge in [0, 0.05) is 22.8 Å². The Kier molecular flexibility index (Phi) is 4.81. The highest BCUT2D eigenvalue weighted by Crippen LogP contribution is 2.26. The third-order valence-corrected chi connectivity index (χ3v) is 5.34. The Morgan fingerprint density at radius 2 is 1.93 bits per heavy atom. The molecule has 0 aliphatic rings. The maximum atomic E-state index is 11.9. The topological polar surface area (TPSA) is 71.8 Å². The van der Waals surface area contributed by atoms with Gasteiger partial charge in [-0.1, -0.05) is 55.1 Å². The summed E-state index contributed by atoms with van der Waals surface area (Å²) in [6, 6.07) is 15.7. The van der Waals surface area contributed by atoms with Gasteiger partial charge in [-0.2, -0.15) is 0 Å². The molecule has 1 N–H and O–H groups in total. The van der Waals surface area contributed by atoms with E-state index in [1.807, 2.05) is 37.3 Å². The molecule has 5 nitrogen and oxygen atoms in total. The minimum Gasteiger partial charge on any atom is -0.423 e. The molecule has 4 aromatic rings. The van der Waals surface area contributed by atoms with Crippen molar-refractivity contribution in [1.82, 2.24) is 15.2 Å². The average molecular weight is 377 g/mol. The average Bonchev–Trinajstić information content (AvgIpc) is 3.14. The summed E-state index contributed by atoms with van der Waals surface area (Å²) in [5, 5.41) is 8.88. The van der Waals surface area contributed by atoms with Crippen molar-refractivity contribution in [2.75, 3.05) is 0 Å². The van der Waals surface area contributed by atoms with Crippen LogP contribution in [-0.4, -0.2) is 15.2 Å². The first-order valence-electron chi connectivity index (χ1n) is 8.80. The number of H-pyrrole nitrogens is 1. The molecule has 2 heterocycles. The molecule has 0 bridgehead atoms. The molecule has 6 heteroatoms. The van der Waals surface area contributed by atoms with Crippen molar-refractivity contribution in [1.29, 1.82) is 0 Å². The van der Waals surface area contributed by atoms with Gasteiger partial charge in [0.05, 0.1) is 0 Å². The Hall–Kier alpha value is -2.86. The van der Waals surface area contributed by atoms with Gasteiger partial charge in [0.15, 0.2) is 5.82 Å². The number of benzene rings is 2. The van der Waals surface area contributed by atoms with Crippen LogP contribution >= 0.6 is 11.8 Å². The fourth-order valence-corrected chi connectivity index (χ4v) is 3.73. The lowest BCUT2D eigenvalue weighted by Crippen LogP contribution is -2.00. The van der Waals surface area contributed by atoms with E-state index in [2.05, 4.69) is 34.2 Å². The number of fused-ring (bicyclic) bond motifs is 1. The predicted octanol–water partition coefficient (Wildman–Crippen LogP) is 4.74. The molecule has 0 saturated carbocycles. The third kappa shape index (κ3) is 3.80. The van der Waals surface area contributed by atoms with Gasteiger partial charge in [0.25, 0.3) is 0 Å². The van der Waals surface area contributed by atoms with Gasteiger partial charge in [0.1, 0.15) is 5.58 Å². The normalized spacial score (nSPS) is 11.2. The Labute approximate surface area is 160 Å². The maximum Gasteiger partial charge on any atom is 0.336 e. The number of aromatic amines is 1. The summed E-state index contributed by atoms with van der Waals surface area (Å²) in [7, 11) is 0. The van der Waals surface area contributed by atoms with E-state index in [0.29, 0.717) is 16.5 Å². The number of hydrogen-bond acceptors (Lipinski definition) is 5. The predicted molar refractivity (Wildman–Crippen MR) is 108 cm³/mol. The summed E-state index contributed by atoms with van der Waals surface area (Å²) in [5.74, 6) is 1.34. The van der Waals surface area contributed by atoms with Crippen molar-refractivity contribution in [3.63, 3.8) is 0 Å². The molecule has 0 saturated heterocycles. The van der Waals surface area contributed by atoms with E-state index >= 15 is 0 Å². The minimum absolute atomic E-state index is 0.338. The summed E-state index contributed by atoms with van der Waals surface area (Å²) in [6.45, 7) is 4.11. The van der Waals surface area contributed by atoms with Crippen molar-refractivity contribution in [2.45, 2.75) is 31.2 Å². The third-order valence-electron chi connectivity index (χ3n) is 4.44. The van der Waals surface area contributed by atoms with Crippen LogP contribution in [0.4, 0.5) is 0 Å². The first kappa shape index (κ1) is 17.5. The number of hydrogen-bond donors (Lipinski definition) is 1. The summed E-state index contributed by atoms with van der Waals surface area (Å²) >= 11 is 1.49. The molecule has 0 radical (unpaired) electrons. The molecule has 2 aromatic carbocycles. The van der Waals surface area contributed by atoms with Crippen LogP contribution in [0.3, 0.4) is 0 Å². The van der Waals surface area contributed by atoms with Crippen LogP contribution < -0.4 is 5.63 Å². The highest BCUT2D eigenvalue weighted by Gasteiger charge is 2.10. The second-order valence-corrected chi connectivity index (χ2v) is 7.34. The zero-order valence-corrected chi connectivity index (χ0v) is 16.0. The first-order chi connectivity index (χ1) is 13.1. The molecule has 27 heavy (non-hydrogen) atoms. The Morgan fingerprint density at radius 3 is 2.70 bits per heavy atom. The number of aryl methyl sites for hydroxylation is 2. The van der Waals surface area contributed by atoms with Crippen molar-refractivity contribution in [3.05, 3.63) is 75.6 Å². The molecule has 0 amide bonds. The SMILES string of the molecule is CCc1ccc(-c2nc(SCc3cc(=O)oc4cc(C)ccc34)n[nH]2)cc1. The van der Waals surface area contributed by atoms with E-state index in [1.54, 1.807) is 6.07 Å². The van der Waals surface area contributed by atoms with E-state index in [4.69, 9.17) is 4.42 Å². The molecule has 0 aliphatic heterocycles. The lowest BCUT2D eigenvalue weighted by atomic mass is 10.1. The summed E-state index contributed by atoms with van der Waals surface area (Å²) in [4.78, 5) is 16.4. The van der Waals surface area contributed by atoms with Gasteiger partial charge in [-0.05, 0) is 36.1 Å². The number of rotatable bonds is 5. The molecule has 136 valence electrons. The highest BCUT2D eigenvalue weighted by atomic mass is 32.2. The molecular formula is C21H19N3O2S. The Morgan fingerprint density at radius 1 is 1.11 bits per heavy atom. The zero-order chi connectivity index (χ0) is 18.8. The summed E-state index contributed by atoms with van der Waals surface area (Å²) in [5.41, 5.74) is 4.55. The molecule has 0 spiro atoms. The summed E-state index contributed by atoms with van der Waals surface area (Å²) < 4.78 is 5.31. The van der Waals surface area contributed by atoms with E-state index in [9.17, 15) is 4.79 Å². The number of aromatic nitrogens is 3. The molecule has 0 atom stereocenters. The molecule has 0 unspecified atom stereocenters. The standard InChI is InChI=1S/C21H19N3O2S/c1-3-14-5-7-15(8-6-14)20-22-21(24-23-20)27-12-16-11-19(25)26-18-10-13(2)4-9-17(16)18/h4-11H,3,12H2,1-2H3,(H,22,23,24). The smallest absolute Gasteiger partial charge is 0.336 e. The van der Waals surface area contributed by atoms with Crippen LogP contribution in [0.2, 0.25) is 0 Å². The minimum atomic E-state index is -0.338. The van der Waals surface area contributed by atoms with Crippen molar-refractivity contribution in [3.8, 4) is 11.4 Å². The number of nitrogens with zero attached hydrogens (tertiary/aromatic N) is 2. The monoisotopic (exact) mass is 377 g/mol. The fraction of sp³-hybridized carbons (Fsp3) is 0.190. The van der Waals surface area contributed by atoms with Crippen molar-refractivity contribution < 1.29 is 4.42 Å². The van der Waals surface area contributed by atoms with Gasteiger partial charge >= 0.3 is 5.63 Å². The Bertz CT molecular complexity index is 1150. The first-order valence-corrected chi connectivity index (χ1v) is 9.79. The molecular weight excluding hydrogens is 358 g/mol. The van der Waals surface area contributed by atoms with E-state index in [-0.39, 0.29) is 5.63 Å². The summed E-state index contributed by atoms with van der Waals surface area (Å²) in [6.07, 6.45) is 1.01. The fourth-order valence-electron chi connectivity index (χ4n) is 2.94. The second kappa shape index (κ2) is 7.40. The lowest BCUT2D eigenvalue weighted by molar-refractivity contribution is 0.559. The molecule has 0 fully saturated rings. The van der Waals surface area contributed by atoms with Crippen molar-refractivity contribution >= 4 is 22.7 Å². The maximum absolute atomic E-state index is 11.9. The van der Waals surface area contributed by atoms with Crippen LogP contribution in [0.15, 0.2) is 62.9 Å². The Balaban J connectivity index is 1.55. The molecule has 4 rings (SSSR count). The number of thioether (sulfide) groups is 1. The largest absolute Gasteiger partial charge is 0.423 e. The van der Waals surface area contributed by atoms with Crippen LogP contribution in [-0.2, 0) is 12.2 Å². The molecule has 0 aliphatic carbocycles. The van der Waals surface area contributed by atoms with Crippen LogP contribution in [0, 0.1) is 6.92 Å². The number of nitrogens with one attached hydrogen (secondary N) is 1. The van der Waals surface area contributed by atoms with E-state index in [1.165, 1.54) is 17.3 Å². The second-order valence-electron chi connectivity index (χ2n) is 6.40. The van der Waals surface area contributed by atoms with E-state index < -0.39 is 0 Å². The lowest BCUT2D eigenvalue weighted by Gasteiger charge is -2.04. The van der Waals surface area contributed by atoms with Gasteiger partial charge in [-0.25, -0.2) is 9.78 Å². The van der Waals surface area contributed by atoms with E-state index in [0.717, 1.165) is 34.3 Å². The van der Waals surface area contributed by atoms with Crippen molar-refractivity contribution in [2.24, 2.45) is 0 Å². The highest BCUT2D eigenvalue weighted by molar-refractivity contribution is 7.98. The van der Waals surface area contributed by atoms with Gasteiger partial charge in [-0.15, -0.1) is 5.10 Å².